The van der Waals surface area contributed by atoms with Crippen LogP contribution in [0.4, 0.5) is 4.79 Å². The van der Waals surface area contributed by atoms with Gasteiger partial charge in [-0.15, -0.1) is 0 Å². The molecule has 2 aromatic carbocycles. The maximum absolute atomic E-state index is 12.4. The van der Waals surface area contributed by atoms with Crippen molar-refractivity contribution >= 4 is 17.1 Å². The van der Waals surface area contributed by atoms with E-state index in [2.05, 4.69) is 25.9 Å². The Labute approximate surface area is 152 Å². The van der Waals surface area contributed by atoms with E-state index in [4.69, 9.17) is 5.11 Å². The predicted molar refractivity (Wildman–Crippen MR) is 98.3 cm³/mol. The third-order valence-electron chi connectivity index (χ3n) is 4.03. The Bertz CT molecular complexity index is 1230. The number of benzene rings is 2. The molecule has 0 radical (unpaired) electrons. The molecule has 8 nitrogen and oxygen atoms in total. The zero-order chi connectivity index (χ0) is 19.0. The lowest BCUT2D eigenvalue weighted by Gasteiger charge is -2.06. The van der Waals surface area contributed by atoms with Gasteiger partial charge in [-0.25, -0.2) is 14.5 Å². The zero-order valence-corrected chi connectivity index (χ0v) is 14.2. The lowest BCUT2D eigenvalue weighted by Crippen LogP contribution is -2.13. The maximum Gasteiger partial charge on any atom is 0.511 e. The first-order chi connectivity index (χ1) is 13.0. The highest BCUT2D eigenvalue weighted by Gasteiger charge is 2.10. The number of H-pyrrole nitrogens is 1. The van der Waals surface area contributed by atoms with Gasteiger partial charge < -0.3 is 9.84 Å². The van der Waals surface area contributed by atoms with Crippen molar-refractivity contribution < 1.29 is 14.6 Å². The van der Waals surface area contributed by atoms with Crippen LogP contribution in [0.3, 0.4) is 0 Å². The molecule has 2 heterocycles. The average molecular weight is 362 g/mol. The van der Waals surface area contributed by atoms with Crippen molar-refractivity contribution in [3.8, 4) is 22.8 Å². The third kappa shape index (κ3) is 3.28. The predicted octanol–water partition coefficient (Wildman–Crippen LogP) is 3.14. The molecule has 0 aliphatic heterocycles. The molecule has 0 saturated carbocycles. The molecule has 0 aliphatic carbocycles. The minimum Gasteiger partial charge on any atom is -0.449 e. The number of ether oxygens (including phenoxy) is 1. The summed E-state index contributed by atoms with van der Waals surface area (Å²) in [5.41, 5.74) is 3.28. The Balaban J connectivity index is 1.80. The van der Waals surface area contributed by atoms with Gasteiger partial charge in [0.15, 0.2) is 5.75 Å². The van der Waals surface area contributed by atoms with E-state index in [1.54, 1.807) is 6.07 Å². The van der Waals surface area contributed by atoms with Gasteiger partial charge in [-0.2, -0.15) is 5.10 Å². The van der Waals surface area contributed by atoms with Crippen molar-refractivity contribution in [3.63, 3.8) is 0 Å². The summed E-state index contributed by atoms with van der Waals surface area (Å²) in [6, 6.07) is 13.5. The van der Waals surface area contributed by atoms with E-state index >= 15 is 0 Å². The van der Waals surface area contributed by atoms with Crippen LogP contribution < -0.4 is 10.3 Å². The van der Waals surface area contributed by atoms with Crippen molar-refractivity contribution in [2.24, 2.45) is 0 Å². The lowest BCUT2D eigenvalue weighted by molar-refractivity contribution is 0.144. The van der Waals surface area contributed by atoms with E-state index < -0.39 is 6.16 Å². The van der Waals surface area contributed by atoms with Gasteiger partial charge >= 0.3 is 6.16 Å². The van der Waals surface area contributed by atoms with Crippen LogP contribution in [0, 0.1) is 6.92 Å². The maximum atomic E-state index is 12.4. The number of carboxylic acid groups (broad SMARTS) is 1. The number of nitrogens with zero attached hydrogens (tertiary/aromatic N) is 3. The fourth-order valence-corrected chi connectivity index (χ4v) is 2.82. The van der Waals surface area contributed by atoms with Gasteiger partial charge in [0.1, 0.15) is 0 Å². The van der Waals surface area contributed by atoms with Crippen LogP contribution >= 0.6 is 0 Å². The van der Waals surface area contributed by atoms with Crippen LogP contribution in [-0.4, -0.2) is 31.0 Å². The molecular formula is C19H14N4O4. The van der Waals surface area contributed by atoms with Gasteiger partial charge in [0.2, 0.25) is 5.95 Å². The number of fused-ring (bicyclic) bond motifs is 1. The van der Waals surface area contributed by atoms with Gasteiger partial charge in [0, 0.05) is 0 Å². The van der Waals surface area contributed by atoms with E-state index in [0.717, 1.165) is 16.7 Å². The minimum atomic E-state index is -1.45. The number of rotatable bonds is 3. The third-order valence-corrected chi connectivity index (χ3v) is 4.03. The topological polar surface area (TPSA) is 110 Å². The molecule has 0 fully saturated rings. The van der Waals surface area contributed by atoms with E-state index in [0.29, 0.717) is 10.9 Å². The first kappa shape index (κ1) is 16.5. The second-order valence-electron chi connectivity index (χ2n) is 5.98. The number of aromatic nitrogens is 4. The van der Waals surface area contributed by atoms with Crippen molar-refractivity contribution in [1.82, 2.24) is 19.7 Å². The molecule has 0 spiro atoms. The number of aromatic amines is 1. The molecule has 0 atom stereocenters. The number of nitrogens with one attached hydrogen (secondary N) is 1. The Morgan fingerprint density at radius 1 is 1.19 bits per heavy atom. The Morgan fingerprint density at radius 2 is 2.00 bits per heavy atom. The molecule has 0 saturated heterocycles. The second kappa shape index (κ2) is 6.41. The van der Waals surface area contributed by atoms with E-state index in [1.807, 2.05) is 37.3 Å². The fourth-order valence-electron chi connectivity index (χ4n) is 2.82. The fraction of sp³-hybridized carbons (Fsp3) is 0.0526. The molecule has 0 unspecified atom stereocenters. The molecule has 27 heavy (non-hydrogen) atoms. The summed E-state index contributed by atoms with van der Waals surface area (Å²) in [6.07, 6.45) is 1.10. The second-order valence-corrected chi connectivity index (χ2v) is 5.98. The van der Waals surface area contributed by atoms with Crippen LogP contribution in [0.2, 0.25) is 0 Å². The quantitative estimate of drug-likeness (QED) is 0.542. The molecule has 2 aromatic heterocycles. The monoisotopic (exact) mass is 362 g/mol. The average Bonchev–Trinajstić information content (AvgIpc) is 3.09. The van der Waals surface area contributed by atoms with Gasteiger partial charge in [0.25, 0.3) is 5.56 Å². The van der Waals surface area contributed by atoms with Crippen LogP contribution in [0.1, 0.15) is 5.56 Å². The summed E-state index contributed by atoms with van der Waals surface area (Å²) >= 11 is 0. The summed E-state index contributed by atoms with van der Waals surface area (Å²) in [4.78, 5) is 30.1. The van der Waals surface area contributed by atoms with Crippen molar-refractivity contribution in [2.75, 3.05) is 0 Å². The number of carbonyl (C=O) groups is 1. The highest BCUT2D eigenvalue weighted by molar-refractivity contribution is 5.84. The number of hydrogen-bond acceptors (Lipinski definition) is 5. The summed E-state index contributed by atoms with van der Waals surface area (Å²) in [5, 5.41) is 13.1. The zero-order valence-electron chi connectivity index (χ0n) is 14.2. The van der Waals surface area contributed by atoms with Gasteiger partial charge in [0.05, 0.1) is 23.3 Å². The van der Waals surface area contributed by atoms with Gasteiger partial charge in [-0.3, -0.25) is 9.78 Å². The van der Waals surface area contributed by atoms with Crippen LogP contribution in [0.15, 0.2) is 59.7 Å². The molecule has 134 valence electrons. The first-order valence-corrected chi connectivity index (χ1v) is 8.06. The van der Waals surface area contributed by atoms with Gasteiger partial charge in [-0.05, 0) is 30.2 Å². The molecule has 4 aromatic rings. The van der Waals surface area contributed by atoms with E-state index in [9.17, 15) is 9.59 Å². The largest absolute Gasteiger partial charge is 0.511 e. The Morgan fingerprint density at radius 3 is 2.78 bits per heavy atom. The summed E-state index contributed by atoms with van der Waals surface area (Å²) in [6.45, 7) is 2.01. The van der Waals surface area contributed by atoms with Crippen molar-refractivity contribution in [3.05, 3.63) is 70.8 Å². The van der Waals surface area contributed by atoms with E-state index in [-0.39, 0.29) is 17.3 Å². The van der Waals surface area contributed by atoms with Crippen LogP contribution in [0.5, 0.6) is 5.75 Å². The molecular weight excluding hydrogens is 348 g/mol. The van der Waals surface area contributed by atoms with E-state index in [1.165, 1.54) is 17.1 Å². The number of hydrogen-bond donors (Lipinski definition) is 2. The molecule has 0 amide bonds. The highest BCUT2D eigenvalue weighted by atomic mass is 16.7. The molecule has 2 N–H and O–H groups in total. The molecule has 4 rings (SSSR count). The summed E-state index contributed by atoms with van der Waals surface area (Å²) < 4.78 is 5.78. The minimum absolute atomic E-state index is 0.0266. The van der Waals surface area contributed by atoms with Crippen molar-refractivity contribution in [2.45, 2.75) is 6.92 Å². The Kier molecular flexibility index (Phi) is 3.92. The lowest BCUT2D eigenvalue weighted by atomic mass is 10.0. The standard InChI is InChI=1S/C19H14N4O4/c1-11-3-2-4-12(7-11)13-5-6-15-16(8-13)21-18(22-17(15)24)23-10-14(9-20-23)27-19(25)26/h2-10H,1H3,(H,25,26)(H,21,22,24). The van der Waals surface area contributed by atoms with Crippen LogP contribution in [-0.2, 0) is 0 Å². The SMILES string of the molecule is Cc1cccc(-c2ccc3c(=O)[nH]c(-n4cc(OC(=O)O)cn4)nc3c2)c1. The first-order valence-electron chi connectivity index (χ1n) is 8.06. The Hall–Kier alpha value is -3.94. The smallest absolute Gasteiger partial charge is 0.449 e. The molecule has 8 heteroatoms. The summed E-state index contributed by atoms with van der Waals surface area (Å²) in [7, 11) is 0. The van der Waals surface area contributed by atoms with Gasteiger partial charge in [-0.1, -0.05) is 35.9 Å². The van der Waals surface area contributed by atoms with Crippen LogP contribution in [0.25, 0.3) is 28.0 Å². The molecule has 0 aliphatic rings. The normalized spacial score (nSPS) is 10.9. The highest BCUT2D eigenvalue weighted by Crippen LogP contribution is 2.23. The summed E-state index contributed by atoms with van der Waals surface area (Å²) in [5.74, 6) is 0.188. The molecule has 0 bridgehead atoms. The van der Waals surface area contributed by atoms with Crippen molar-refractivity contribution in [1.29, 1.82) is 0 Å². The number of aryl methyl sites for hydroxylation is 1.